The van der Waals surface area contributed by atoms with Gasteiger partial charge in [0.2, 0.25) is 0 Å². The van der Waals surface area contributed by atoms with E-state index in [0.717, 1.165) is 66.2 Å². The summed E-state index contributed by atoms with van der Waals surface area (Å²) in [5, 5.41) is 18.7. The van der Waals surface area contributed by atoms with Crippen molar-refractivity contribution in [2.24, 2.45) is 0 Å². The summed E-state index contributed by atoms with van der Waals surface area (Å²) < 4.78 is 2.17. The second kappa shape index (κ2) is 162. The minimum Gasteiger partial charge on any atom is -0.373 e. The maximum atomic E-state index is 3.18. The number of aromatic nitrogens is 1. The summed E-state index contributed by atoms with van der Waals surface area (Å²) in [6, 6.07) is 10.0. The molecule has 0 aliphatic carbocycles. The number of nitrogens with zero attached hydrogens (tertiary/aromatic N) is 10. The first-order valence-electron chi connectivity index (χ1n) is 39.4. The zero-order chi connectivity index (χ0) is 79.8. The Kier molecular flexibility index (Phi) is 281. The van der Waals surface area contributed by atoms with Gasteiger partial charge in [0, 0.05) is 233 Å². The molecule has 34 heteroatoms. The van der Waals surface area contributed by atoms with Crippen LogP contribution in [-0.4, -0.2) is 254 Å². The molecule has 10 heterocycles. The third kappa shape index (κ3) is 130. The van der Waals surface area contributed by atoms with Gasteiger partial charge in [-0.15, -0.1) is 10.7 Å². The van der Waals surface area contributed by atoms with E-state index in [9.17, 15) is 0 Å². The van der Waals surface area contributed by atoms with Crippen LogP contribution in [0.5, 0.6) is 0 Å². The summed E-state index contributed by atoms with van der Waals surface area (Å²) in [5.41, 5.74) is 35.9. The van der Waals surface area contributed by atoms with E-state index in [2.05, 4.69) is 303 Å². The van der Waals surface area contributed by atoms with Crippen molar-refractivity contribution in [1.82, 2.24) is 125 Å². The molecular weight excluding hydrogens is 1480 g/mol. The van der Waals surface area contributed by atoms with Crippen molar-refractivity contribution in [3.63, 3.8) is 0 Å². The molecule has 30 radical (unpaired) electrons. The molecule has 10 rings (SSSR count). The highest BCUT2D eigenvalue weighted by atomic mass is 15.9. The van der Waals surface area contributed by atoms with E-state index >= 15 is 0 Å². The lowest BCUT2D eigenvalue weighted by molar-refractivity contribution is 0.144. The molecule has 0 unspecified atom stereocenters. The van der Waals surface area contributed by atoms with Gasteiger partial charge in [-0.1, -0.05) is 237 Å². The number of nitrogens with one attached hydrogen (secondary N) is 14. The molecule has 14 N–H and O–H groups in total. The van der Waals surface area contributed by atoms with Crippen molar-refractivity contribution in [3.8, 4) is 0 Å². The van der Waals surface area contributed by atoms with Gasteiger partial charge >= 0.3 is 0 Å². The average Bonchev–Trinajstić information content (AvgIpc) is 1.97. The van der Waals surface area contributed by atoms with E-state index in [1.807, 2.05) is 198 Å². The van der Waals surface area contributed by atoms with Crippen LogP contribution in [-0.2, 0) is 0 Å². The highest BCUT2D eigenvalue weighted by Crippen LogP contribution is 2.05. The Balaban J connectivity index is -0.0000000257. The second-order valence-electron chi connectivity index (χ2n) is 22.5. The fourth-order valence-electron chi connectivity index (χ4n) is 7.00. The van der Waals surface area contributed by atoms with Gasteiger partial charge in [0.25, 0.3) is 0 Å². The van der Waals surface area contributed by atoms with Crippen molar-refractivity contribution in [2.45, 2.75) is 412 Å². The smallest absolute Gasteiger partial charge is 0.0870 e. The molecule has 3 fully saturated rings. The molecule has 24 nitrogen and oxygen atoms in total. The van der Waals surface area contributed by atoms with E-state index in [-0.39, 0.29) is 158 Å². The third-order valence-electron chi connectivity index (χ3n) is 12.6. The topological polar surface area (TPSA) is 203 Å². The fraction of sp³-hybridized carbons (Fsp3) is 0.814. The molecule has 0 bridgehead atoms. The van der Waals surface area contributed by atoms with Crippen LogP contribution in [0, 0.1) is 0 Å². The van der Waals surface area contributed by atoms with Crippen molar-refractivity contribution < 1.29 is 0 Å². The maximum Gasteiger partial charge on any atom is 0.0870 e. The monoisotopic (exact) mass is 1700 g/mol. The van der Waals surface area contributed by atoms with E-state index in [1.165, 1.54) is 0 Å². The Morgan fingerprint density at radius 3 is 0.850 bits per heavy atom. The molecular formula is C86H220B10N24. The molecule has 0 atom stereocenters. The molecule has 9 aliphatic rings. The first kappa shape index (κ1) is 208. The first-order valence-corrected chi connectivity index (χ1v) is 39.4. The summed E-state index contributed by atoms with van der Waals surface area (Å²) in [4.78, 5) is 6.96. The maximum absolute atomic E-state index is 3.18. The van der Waals surface area contributed by atoms with Crippen molar-refractivity contribution >= 4 is 84.1 Å². The number of hydrogen-bond acceptors (Lipinski definition) is 23. The van der Waals surface area contributed by atoms with Crippen molar-refractivity contribution in [1.29, 1.82) is 0 Å². The highest BCUT2D eigenvalue weighted by Gasteiger charge is 2.15. The largest absolute Gasteiger partial charge is 0.373 e. The Bertz CT molecular complexity index is 1610. The van der Waals surface area contributed by atoms with Gasteiger partial charge in [0.1, 0.15) is 0 Å². The van der Waals surface area contributed by atoms with E-state index in [0.29, 0.717) is 60.4 Å². The van der Waals surface area contributed by atoms with Crippen LogP contribution >= 0.6 is 0 Å². The normalized spacial score (nSPS) is 13.3. The lowest BCUT2D eigenvalue weighted by Crippen LogP contribution is -2.43. The van der Waals surface area contributed by atoms with Crippen LogP contribution in [0.25, 0.3) is 0 Å². The standard InChI is InChI=1S/C7H13N.C7H11N.3C6H12N2.2C5H13N3.2C5H11N3.C4H12N4.10C2H6.10CH4.10B/c2*1-7(2)8-5-3-4-6-8;1-6(2)8-4-3-7-5-8;2*1-6(2)8-5-3-4-7-8;1-5(2)8-3-6-7-4-8;1-5(2)8-4-6-3-7-8;1-5(2)8-4-3-6-7-8;1-5(2)8-6-3-4-7-8;1-4(2)8-3-5-6-7-8;10*1-2;;;;;;;;;;;;;;;;;;;;/h3-4,7H,5-6H2,1-2H3;3-7H,1-2H3;3-4,6-7H,5H2,1-2H3;3,5-7H,4H2,1-2H3;3-4,6-7H,5H2,1-2H3;2*5-7H,3-4H2,1-2H3;2*3-7H,1-2H3;4-7H,3H2,1-2H3;10*1-2H3;10*1H4;;;;;;;;;;. The Hall–Kier alpha value is -3.83. The summed E-state index contributed by atoms with van der Waals surface area (Å²) in [6.07, 6.45) is 28.5. The summed E-state index contributed by atoms with van der Waals surface area (Å²) in [6.45, 7) is 93.2. The van der Waals surface area contributed by atoms with Crippen LogP contribution in [0.4, 0.5) is 0 Å². The van der Waals surface area contributed by atoms with Crippen LogP contribution in [0.1, 0.15) is 357 Å². The Morgan fingerprint density at radius 1 is 0.283 bits per heavy atom. The summed E-state index contributed by atoms with van der Waals surface area (Å²) >= 11 is 0. The van der Waals surface area contributed by atoms with E-state index in [4.69, 9.17) is 0 Å². The van der Waals surface area contributed by atoms with Crippen molar-refractivity contribution in [3.05, 3.63) is 98.4 Å². The number of rotatable bonds is 10. The lowest BCUT2D eigenvalue weighted by Gasteiger charge is -2.19. The molecule has 0 spiro atoms. The quantitative estimate of drug-likeness (QED) is 0.0778. The number of hydrazine groups is 11. The zero-order valence-electron chi connectivity index (χ0n) is 79.3. The second-order valence-corrected chi connectivity index (χ2v) is 22.5. The molecule has 0 amide bonds. The van der Waals surface area contributed by atoms with Gasteiger partial charge in [0.05, 0.1) is 40.0 Å². The van der Waals surface area contributed by atoms with Gasteiger partial charge in [-0.3, -0.25) is 20.1 Å². The van der Waals surface area contributed by atoms with Gasteiger partial charge in [-0.05, 0) is 151 Å². The summed E-state index contributed by atoms with van der Waals surface area (Å²) in [7, 11) is 0. The minimum atomic E-state index is 0. The van der Waals surface area contributed by atoms with Crippen molar-refractivity contribution in [2.75, 3.05) is 66.2 Å². The number of hydrogen-bond donors (Lipinski definition) is 14. The highest BCUT2D eigenvalue weighted by molar-refractivity contribution is 5.76. The molecule has 714 valence electrons. The van der Waals surface area contributed by atoms with Crippen LogP contribution in [0.3, 0.4) is 0 Å². The van der Waals surface area contributed by atoms with Gasteiger partial charge < -0.3 is 41.5 Å². The fourth-order valence-corrected chi connectivity index (χ4v) is 7.00. The van der Waals surface area contributed by atoms with E-state index in [1.54, 1.807) is 0 Å². The van der Waals surface area contributed by atoms with Crippen LogP contribution in [0.15, 0.2) is 98.4 Å². The Morgan fingerprint density at radius 2 is 0.683 bits per heavy atom. The first-order chi connectivity index (χ1) is 48.0. The SMILES string of the molecule is C.C.C.C.C.C.C.C.C.C.CC.CC.CC.CC.CC.CC.CC.CC.CC.CC.CC(C)N1C=CCN1.CC(C)N1C=CNC1.CC(C)N1C=CNN1.CC(C)N1CC=CC1.CC(C)N1CC=CN1.CC(C)N1CNCN1.CC(C)N1CNNC1.CC(C)N1CNNN1.CC(C)N1NC=CN1.CC(C)n1cccc1.[B].[B].[B].[B].[B].[B].[B].[B].[B].[B]. The van der Waals surface area contributed by atoms with Gasteiger partial charge in [0.15, 0.2) is 0 Å². The predicted molar refractivity (Wildman–Crippen MR) is 573 cm³/mol. The van der Waals surface area contributed by atoms with Gasteiger partial charge in [-0.2, -0.15) is 11.1 Å². The third-order valence-corrected chi connectivity index (χ3v) is 12.6. The van der Waals surface area contributed by atoms with Gasteiger partial charge in [-0.25, -0.2) is 42.2 Å². The zero-order valence-corrected chi connectivity index (χ0v) is 79.3. The minimum absolute atomic E-state index is 0. The average molecular weight is 1700 g/mol. The van der Waals surface area contributed by atoms with Crippen LogP contribution in [0.2, 0.25) is 0 Å². The van der Waals surface area contributed by atoms with E-state index < -0.39 is 0 Å². The Labute approximate surface area is 781 Å². The van der Waals surface area contributed by atoms with Crippen LogP contribution < -0.4 is 76.1 Å². The molecule has 0 aromatic carbocycles. The summed E-state index contributed by atoms with van der Waals surface area (Å²) in [5.74, 6) is 0. The molecule has 9 aliphatic heterocycles. The molecule has 120 heavy (non-hydrogen) atoms. The predicted octanol–water partition coefficient (Wildman–Crippen LogP) is 17.3. The molecule has 1 aromatic rings. The molecule has 3 saturated heterocycles. The lowest BCUT2D eigenvalue weighted by atomic mass is 10.3. The molecule has 1 aromatic heterocycles. The molecule has 0 saturated carbocycles.